The summed E-state index contributed by atoms with van der Waals surface area (Å²) >= 11 is 6.41. The van der Waals surface area contributed by atoms with Crippen LogP contribution >= 0.6 is 23.6 Å². The topological polar surface area (TPSA) is 90.5 Å². The van der Waals surface area contributed by atoms with Crippen LogP contribution in [0.2, 0.25) is 0 Å². The zero-order valence-electron chi connectivity index (χ0n) is 11.8. The van der Waals surface area contributed by atoms with Crippen molar-refractivity contribution in [2.24, 2.45) is 0 Å². The van der Waals surface area contributed by atoms with Crippen molar-refractivity contribution in [1.29, 1.82) is 0 Å². The Morgan fingerprint density at radius 2 is 1.87 bits per heavy atom. The summed E-state index contributed by atoms with van der Waals surface area (Å²) in [5.41, 5.74) is 5.11. The van der Waals surface area contributed by atoms with Gasteiger partial charge in [0.2, 0.25) is 5.91 Å². The van der Waals surface area contributed by atoms with E-state index in [4.69, 9.17) is 17.3 Å². The molecule has 0 unspecified atom stereocenters. The minimum atomic E-state index is -0.448. The molecule has 0 atom stereocenters. The van der Waals surface area contributed by atoms with Crippen molar-refractivity contribution in [3.8, 4) is 5.75 Å². The van der Waals surface area contributed by atoms with Gasteiger partial charge in [-0.25, -0.2) is 0 Å². The van der Waals surface area contributed by atoms with E-state index in [1.54, 1.807) is 6.08 Å². The van der Waals surface area contributed by atoms with E-state index in [1.165, 1.54) is 41.7 Å². The zero-order chi connectivity index (χ0) is 16.7. The molecule has 118 valence electrons. The summed E-state index contributed by atoms with van der Waals surface area (Å²) in [5, 5.41) is 13.4. The third-order valence-corrected chi connectivity index (χ3v) is 3.64. The van der Waals surface area contributed by atoms with E-state index < -0.39 is 11.8 Å². The highest BCUT2D eigenvalue weighted by molar-refractivity contribution is 7.80. The van der Waals surface area contributed by atoms with Crippen molar-refractivity contribution >= 4 is 46.6 Å². The van der Waals surface area contributed by atoms with Gasteiger partial charge in [0.1, 0.15) is 5.75 Å². The Morgan fingerprint density at radius 1 is 1.13 bits per heavy atom. The maximum Gasteiger partial charge on any atom is 0.269 e. The number of hydrogen-bond donors (Lipinski definition) is 4. The molecule has 2 amide bonds. The molecule has 4 N–H and O–H groups in total. The number of phenols is 1. The Kier molecular flexibility index (Phi) is 5.84. The molecule has 1 heterocycles. The number of rotatable bonds is 3. The van der Waals surface area contributed by atoms with Crippen molar-refractivity contribution in [2.75, 3.05) is 0 Å². The molecule has 0 aliphatic carbocycles. The molecule has 23 heavy (non-hydrogen) atoms. The van der Waals surface area contributed by atoms with E-state index in [9.17, 15) is 9.59 Å². The van der Waals surface area contributed by atoms with Crippen LogP contribution < -0.4 is 16.2 Å². The maximum absolute atomic E-state index is 11.8. The van der Waals surface area contributed by atoms with E-state index in [0.717, 1.165) is 4.88 Å². The van der Waals surface area contributed by atoms with Crippen molar-refractivity contribution in [1.82, 2.24) is 16.2 Å². The second kappa shape index (κ2) is 8.06. The molecule has 6 nitrogen and oxygen atoms in total. The van der Waals surface area contributed by atoms with Crippen molar-refractivity contribution in [3.63, 3.8) is 0 Å². The van der Waals surface area contributed by atoms with Crippen molar-refractivity contribution < 1.29 is 14.7 Å². The van der Waals surface area contributed by atoms with E-state index in [2.05, 4.69) is 16.2 Å². The molecule has 0 radical (unpaired) electrons. The number of carbonyl (C=O) groups is 2. The van der Waals surface area contributed by atoms with Gasteiger partial charge in [0, 0.05) is 16.5 Å². The van der Waals surface area contributed by atoms with E-state index in [0.29, 0.717) is 5.56 Å². The lowest BCUT2D eigenvalue weighted by Gasteiger charge is -2.09. The average molecular weight is 347 g/mol. The molecular weight excluding hydrogens is 334 g/mol. The second-order valence-electron chi connectivity index (χ2n) is 4.29. The van der Waals surface area contributed by atoms with Gasteiger partial charge >= 0.3 is 0 Å². The zero-order valence-corrected chi connectivity index (χ0v) is 13.4. The van der Waals surface area contributed by atoms with Gasteiger partial charge in [-0.15, -0.1) is 11.3 Å². The van der Waals surface area contributed by atoms with Gasteiger partial charge in [-0.1, -0.05) is 6.07 Å². The lowest BCUT2D eigenvalue weighted by molar-refractivity contribution is -0.115. The number of phenolic OH excluding ortho intramolecular Hbond substituents is 1. The first-order valence-corrected chi connectivity index (χ1v) is 7.75. The number of aromatic hydroxyl groups is 1. The van der Waals surface area contributed by atoms with E-state index in [1.807, 2.05) is 17.5 Å². The maximum atomic E-state index is 11.8. The quantitative estimate of drug-likeness (QED) is 0.386. The molecule has 8 heteroatoms. The minimum Gasteiger partial charge on any atom is -0.508 e. The fourth-order valence-corrected chi connectivity index (χ4v) is 2.30. The SMILES string of the molecule is O=C(/C=C/c1cccs1)NC(=S)NNC(=O)c1ccc(O)cc1. The van der Waals surface area contributed by atoms with E-state index in [-0.39, 0.29) is 10.9 Å². The van der Waals surface area contributed by atoms with Crippen LogP contribution in [0.15, 0.2) is 47.9 Å². The summed E-state index contributed by atoms with van der Waals surface area (Å²) in [5.74, 6) is -0.791. The molecule has 0 aliphatic heterocycles. The normalized spacial score (nSPS) is 10.3. The fourth-order valence-electron chi connectivity index (χ4n) is 1.53. The first-order valence-electron chi connectivity index (χ1n) is 6.46. The van der Waals surface area contributed by atoms with Crippen molar-refractivity contribution in [2.45, 2.75) is 0 Å². The highest BCUT2D eigenvalue weighted by Crippen LogP contribution is 2.10. The van der Waals surface area contributed by atoms with Gasteiger partial charge in [0.05, 0.1) is 0 Å². The van der Waals surface area contributed by atoms with E-state index >= 15 is 0 Å². The lowest BCUT2D eigenvalue weighted by atomic mass is 10.2. The van der Waals surface area contributed by atoms with Gasteiger partial charge in [0.25, 0.3) is 5.91 Å². The first-order chi connectivity index (χ1) is 11.0. The van der Waals surface area contributed by atoms with Gasteiger partial charge in [0.15, 0.2) is 5.11 Å². The van der Waals surface area contributed by atoms with Gasteiger partial charge in [-0.05, 0) is 54.0 Å². The van der Waals surface area contributed by atoms with Crippen LogP contribution in [0.25, 0.3) is 6.08 Å². The van der Waals surface area contributed by atoms with Crippen LogP contribution in [0.3, 0.4) is 0 Å². The van der Waals surface area contributed by atoms with Gasteiger partial charge in [-0.2, -0.15) is 0 Å². The summed E-state index contributed by atoms with van der Waals surface area (Å²) < 4.78 is 0. The molecule has 0 aliphatic rings. The molecule has 2 rings (SSSR count). The number of amides is 2. The Hall–Kier alpha value is -2.71. The molecule has 2 aromatic rings. The fraction of sp³-hybridized carbons (Fsp3) is 0. The highest BCUT2D eigenvalue weighted by atomic mass is 32.1. The van der Waals surface area contributed by atoms with Crippen LogP contribution in [0.4, 0.5) is 0 Å². The smallest absolute Gasteiger partial charge is 0.269 e. The molecule has 1 aromatic heterocycles. The highest BCUT2D eigenvalue weighted by Gasteiger charge is 2.06. The monoisotopic (exact) mass is 347 g/mol. The number of thiophene rings is 1. The summed E-state index contributed by atoms with van der Waals surface area (Å²) in [6, 6.07) is 9.46. The summed E-state index contributed by atoms with van der Waals surface area (Å²) in [4.78, 5) is 24.4. The molecule has 1 aromatic carbocycles. The van der Waals surface area contributed by atoms with Crippen molar-refractivity contribution in [3.05, 3.63) is 58.3 Å². The van der Waals surface area contributed by atoms with Crippen LogP contribution in [0, 0.1) is 0 Å². The predicted octanol–water partition coefficient (Wildman–Crippen LogP) is 1.80. The van der Waals surface area contributed by atoms with Crippen LogP contribution in [-0.4, -0.2) is 22.0 Å². The summed E-state index contributed by atoms with van der Waals surface area (Å²) in [6.45, 7) is 0. The van der Waals surface area contributed by atoms with Gasteiger partial charge in [-0.3, -0.25) is 25.8 Å². The number of carbonyl (C=O) groups excluding carboxylic acids is 2. The number of benzene rings is 1. The molecule has 0 fully saturated rings. The predicted molar refractivity (Wildman–Crippen MR) is 92.8 cm³/mol. The van der Waals surface area contributed by atoms with Crippen LogP contribution in [-0.2, 0) is 4.79 Å². The number of hydrazine groups is 1. The van der Waals surface area contributed by atoms with Crippen LogP contribution in [0.5, 0.6) is 5.75 Å². The number of thiocarbonyl (C=S) groups is 1. The number of hydrogen-bond acceptors (Lipinski definition) is 5. The first kappa shape index (κ1) is 16.7. The Labute approximate surface area is 141 Å². The third-order valence-electron chi connectivity index (χ3n) is 2.60. The average Bonchev–Trinajstić information content (AvgIpc) is 3.05. The van der Waals surface area contributed by atoms with Crippen LogP contribution in [0.1, 0.15) is 15.2 Å². The summed E-state index contributed by atoms with van der Waals surface area (Å²) in [6.07, 6.45) is 3.01. The Bertz CT molecular complexity index is 725. The largest absolute Gasteiger partial charge is 0.508 e. The Morgan fingerprint density at radius 3 is 2.52 bits per heavy atom. The summed E-state index contributed by atoms with van der Waals surface area (Å²) in [7, 11) is 0. The Balaban J connectivity index is 1.77. The lowest BCUT2D eigenvalue weighted by Crippen LogP contribution is -2.48. The molecule has 0 spiro atoms. The molecule has 0 saturated carbocycles. The number of nitrogens with one attached hydrogen (secondary N) is 3. The van der Waals surface area contributed by atoms with Gasteiger partial charge < -0.3 is 5.11 Å². The second-order valence-corrected chi connectivity index (χ2v) is 5.68. The third kappa shape index (κ3) is 5.53. The molecule has 0 saturated heterocycles. The standard InChI is InChI=1S/C15H13N3O3S2/c19-11-5-3-10(4-6-11)14(21)17-18-15(22)16-13(20)8-7-12-2-1-9-23-12/h1-9,19H,(H,17,21)(H2,16,18,20,22)/b8-7+. The minimum absolute atomic E-state index is 0.0297. The molecular formula is C15H13N3O3S2. The molecule has 0 bridgehead atoms.